The Hall–Kier alpha value is -1.55. The van der Waals surface area contributed by atoms with Crippen molar-refractivity contribution in [3.8, 4) is 5.75 Å². The maximum absolute atomic E-state index is 6.06. The molecule has 3 N–H and O–H groups in total. The third kappa shape index (κ3) is 2.89. The summed E-state index contributed by atoms with van der Waals surface area (Å²) in [5.41, 5.74) is 5.90. The fraction of sp³-hybridized carbons (Fsp3) is 0.200. The van der Waals surface area contributed by atoms with Crippen LogP contribution in [0.5, 0.6) is 5.75 Å². The number of halogens is 1. The van der Waals surface area contributed by atoms with Crippen LogP contribution in [-0.2, 0) is 0 Å². The number of hydrazine groups is 1. The normalized spacial score (nSPS) is 12.2. The van der Waals surface area contributed by atoms with Crippen molar-refractivity contribution in [1.82, 2.24) is 5.43 Å². The molecule has 0 radical (unpaired) electrons. The fourth-order valence-electron chi connectivity index (χ4n) is 2.12. The molecule has 0 spiro atoms. The molecule has 0 aliphatic heterocycles. The number of para-hydroxylation sites is 1. The van der Waals surface area contributed by atoms with Gasteiger partial charge in [0.05, 0.1) is 13.2 Å². The first kappa shape index (κ1) is 13.9. The first-order chi connectivity index (χ1) is 9.17. The third-order valence-electron chi connectivity index (χ3n) is 3.13. The number of hydrogen-bond donors (Lipinski definition) is 2. The van der Waals surface area contributed by atoms with Crippen LogP contribution >= 0.6 is 11.6 Å². The Balaban J connectivity index is 2.46. The smallest absolute Gasteiger partial charge is 0.124 e. The average molecular weight is 277 g/mol. The van der Waals surface area contributed by atoms with Gasteiger partial charge in [-0.2, -0.15) is 0 Å². The van der Waals surface area contributed by atoms with Gasteiger partial charge in [-0.05, 0) is 30.2 Å². The maximum atomic E-state index is 6.06. The molecule has 0 bridgehead atoms. The van der Waals surface area contributed by atoms with E-state index in [1.807, 2.05) is 49.4 Å². The van der Waals surface area contributed by atoms with E-state index in [1.54, 1.807) is 7.11 Å². The number of nitrogens with one attached hydrogen (secondary N) is 1. The minimum Gasteiger partial charge on any atom is -0.496 e. The second-order valence-electron chi connectivity index (χ2n) is 4.35. The van der Waals surface area contributed by atoms with E-state index in [-0.39, 0.29) is 6.04 Å². The summed E-state index contributed by atoms with van der Waals surface area (Å²) in [5.74, 6) is 6.51. The Bertz CT molecular complexity index is 572. The molecule has 2 aromatic carbocycles. The van der Waals surface area contributed by atoms with Crippen molar-refractivity contribution >= 4 is 11.6 Å². The molecule has 3 nitrogen and oxygen atoms in total. The lowest BCUT2D eigenvalue weighted by Crippen LogP contribution is -2.29. The van der Waals surface area contributed by atoms with Gasteiger partial charge in [-0.1, -0.05) is 41.9 Å². The highest BCUT2D eigenvalue weighted by Gasteiger charge is 2.17. The van der Waals surface area contributed by atoms with Gasteiger partial charge in [-0.3, -0.25) is 5.84 Å². The van der Waals surface area contributed by atoms with Crippen molar-refractivity contribution in [3.05, 3.63) is 64.2 Å². The first-order valence-electron chi connectivity index (χ1n) is 6.02. The minimum absolute atomic E-state index is 0.132. The quantitative estimate of drug-likeness (QED) is 0.666. The molecular formula is C15H17ClN2O. The van der Waals surface area contributed by atoms with Gasteiger partial charge in [0.15, 0.2) is 0 Å². The summed E-state index contributed by atoms with van der Waals surface area (Å²) in [6.07, 6.45) is 0. The SMILES string of the molecule is COc1ccccc1C(NN)c1ccc(Cl)c(C)c1. The summed E-state index contributed by atoms with van der Waals surface area (Å²) >= 11 is 6.06. The number of rotatable bonds is 4. The summed E-state index contributed by atoms with van der Waals surface area (Å²) in [6.45, 7) is 1.97. The van der Waals surface area contributed by atoms with Crippen LogP contribution in [0.15, 0.2) is 42.5 Å². The van der Waals surface area contributed by atoms with Crippen molar-refractivity contribution < 1.29 is 4.74 Å². The largest absolute Gasteiger partial charge is 0.496 e. The lowest BCUT2D eigenvalue weighted by molar-refractivity contribution is 0.404. The molecule has 19 heavy (non-hydrogen) atoms. The maximum Gasteiger partial charge on any atom is 0.124 e. The topological polar surface area (TPSA) is 47.3 Å². The molecule has 2 aromatic rings. The molecule has 1 atom stereocenters. The lowest BCUT2D eigenvalue weighted by atomic mass is 9.97. The number of ether oxygens (including phenoxy) is 1. The molecule has 0 saturated carbocycles. The van der Waals surface area contributed by atoms with E-state index in [2.05, 4.69) is 5.43 Å². The van der Waals surface area contributed by atoms with E-state index in [9.17, 15) is 0 Å². The van der Waals surface area contributed by atoms with Gasteiger partial charge in [-0.25, -0.2) is 5.43 Å². The van der Waals surface area contributed by atoms with Crippen LogP contribution in [-0.4, -0.2) is 7.11 Å². The number of benzene rings is 2. The van der Waals surface area contributed by atoms with Crippen LogP contribution in [0, 0.1) is 6.92 Å². The summed E-state index contributed by atoms with van der Waals surface area (Å²) in [5, 5.41) is 0.750. The molecule has 1 unspecified atom stereocenters. The van der Waals surface area contributed by atoms with Crippen LogP contribution in [0.1, 0.15) is 22.7 Å². The molecule has 100 valence electrons. The first-order valence-corrected chi connectivity index (χ1v) is 6.40. The average Bonchev–Trinajstić information content (AvgIpc) is 2.44. The second-order valence-corrected chi connectivity index (χ2v) is 4.76. The number of methoxy groups -OCH3 is 1. The van der Waals surface area contributed by atoms with E-state index in [4.69, 9.17) is 22.2 Å². The van der Waals surface area contributed by atoms with E-state index < -0.39 is 0 Å². The Morgan fingerprint density at radius 1 is 1.21 bits per heavy atom. The molecule has 0 aliphatic rings. The zero-order valence-electron chi connectivity index (χ0n) is 11.0. The van der Waals surface area contributed by atoms with Gasteiger partial charge in [0, 0.05) is 10.6 Å². The van der Waals surface area contributed by atoms with Gasteiger partial charge in [-0.15, -0.1) is 0 Å². The summed E-state index contributed by atoms with van der Waals surface area (Å²) in [6, 6.07) is 13.5. The Kier molecular flexibility index (Phi) is 4.43. The van der Waals surface area contributed by atoms with E-state index in [1.165, 1.54) is 0 Å². The van der Waals surface area contributed by atoms with Crippen molar-refractivity contribution in [2.45, 2.75) is 13.0 Å². The predicted octanol–water partition coefficient (Wildman–Crippen LogP) is 3.21. The summed E-state index contributed by atoms with van der Waals surface area (Å²) in [7, 11) is 1.65. The van der Waals surface area contributed by atoms with Crippen molar-refractivity contribution in [2.24, 2.45) is 5.84 Å². The highest BCUT2D eigenvalue weighted by atomic mass is 35.5. The van der Waals surface area contributed by atoms with Gasteiger partial charge in [0.1, 0.15) is 5.75 Å². The van der Waals surface area contributed by atoms with E-state index >= 15 is 0 Å². The van der Waals surface area contributed by atoms with Crippen LogP contribution in [0.25, 0.3) is 0 Å². The third-order valence-corrected chi connectivity index (χ3v) is 3.56. The van der Waals surface area contributed by atoms with Crippen molar-refractivity contribution in [2.75, 3.05) is 7.11 Å². The number of nitrogens with two attached hydrogens (primary N) is 1. The molecule has 0 amide bonds. The zero-order chi connectivity index (χ0) is 13.8. The van der Waals surface area contributed by atoms with Crippen LogP contribution in [0.4, 0.5) is 0 Å². The van der Waals surface area contributed by atoms with Gasteiger partial charge < -0.3 is 4.74 Å². The Morgan fingerprint density at radius 2 is 1.95 bits per heavy atom. The van der Waals surface area contributed by atoms with Gasteiger partial charge >= 0.3 is 0 Å². The highest BCUT2D eigenvalue weighted by Crippen LogP contribution is 2.30. The van der Waals surface area contributed by atoms with E-state index in [0.29, 0.717) is 0 Å². The molecule has 0 heterocycles. The van der Waals surface area contributed by atoms with Crippen LogP contribution in [0.2, 0.25) is 5.02 Å². The molecule has 4 heteroatoms. The molecule has 0 fully saturated rings. The number of hydrogen-bond acceptors (Lipinski definition) is 3. The number of aryl methyl sites for hydroxylation is 1. The zero-order valence-corrected chi connectivity index (χ0v) is 11.7. The summed E-state index contributed by atoms with van der Waals surface area (Å²) < 4.78 is 5.38. The fourth-order valence-corrected chi connectivity index (χ4v) is 2.24. The Morgan fingerprint density at radius 3 is 2.58 bits per heavy atom. The van der Waals surface area contributed by atoms with Gasteiger partial charge in [0.2, 0.25) is 0 Å². The van der Waals surface area contributed by atoms with Crippen LogP contribution in [0.3, 0.4) is 0 Å². The van der Waals surface area contributed by atoms with Crippen molar-refractivity contribution in [1.29, 1.82) is 0 Å². The molecule has 0 saturated heterocycles. The van der Waals surface area contributed by atoms with Gasteiger partial charge in [0.25, 0.3) is 0 Å². The second kappa shape index (κ2) is 6.06. The molecular weight excluding hydrogens is 260 g/mol. The summed E-state index contributed by atoms with van der Waals surface area (Å²) in [4.78, 5) is 0. The lowest BCUT2D eigenvalue weighted by Gasteiger charge is -2.20. The molecule has 2 rings (SSSR count). The van der Waals surface area contributed by atoms with Crippen LogP contribution < -0.4 is 16.0 Å². The van der Waals surface area contributed by atoms with E-state index in [0.717, 1.165) is 27.5 Å². The molecule has 0 aliphatic carbocycles. The monoisotopic (exact) mass is 276 g/mol. The predicted molar refractivity (Wildman–Crippen MR) is 78.3 cm³/mol. The van der Waals surface area contributed by atoms with Crippen molar-refractivity contribution in [3.63, 3.8) is 0 Å². The highest BCUT2D eigenvalue weighted by molar-refractivity contribution is 6.31. The standard InChI is InChI=1S/C15H17ClN2O/c1-10-9-11(7-8-13(10)16)15(18-17)12-5-3-4-6-14(12)19-2/h3-9,15,18H,17H2,1-2H3. The Labute approximate surface area is 118 Å². The molecule has 0 aromatic heterocycles. The minimum atomic E-state index is -0.132.